The van der Waals surface area contributed by atoms with Crippen LogP contribution in [0.1, 0.15) is 18.1 Å². The SMILES string of the molecule is CCOc1cccc(NC(=O)/C(C#N)=C\c2cc(OC)c(OCc3ccc(Cl)cc3)cc2Br)c1. The zero-order valence-corrected chi connectivity index (χ0v) is 20.9. The first kappa shape index (κ1) is 25.2. The zero-order chi connectivity index (χ0) is 24.5. The quantitative estimate of drug-likeness (QED) is 0.243. The molecule has 0 spiro atoms. The Bertz CT molecular complexity index is 1240. The van der Waals surface area contributed by atoms with E-state index in [0.717, 1.165) is 5.56 Å². The first-order valence-corrected chi connectivity index (χ1v) is 11.5. The fourth-order valence-corrected chi connectivity index (χ4v) is 3.57. The van der Waals surface area contributed by atoms with Gasteiger partial charge in [-0.15, -0.1) is 0 Å². The van der Waals surface area contributed by atoms with Crippen molar-refractivity contribution in [3.05, 3.63) is 86.9 Å². The van der Waals surface area contributed by atoms with Crippen molar-refractivity contribution in [1.82, 2.24) is 0 Å². The molecule has 8 heteroatoms. The Labute approximate surface area is 211 Å². The molecule has 0 fully saturated rings. The summed E-state index contributed by atoms with van der Waals surface area (Å²) in [6, 6.07) is 19.7. The number of hydrogen-bond donors (Lipinski definition) is 1. The molecule has 0 heterocycles. The van der Waals surface area contributed by atoms with Gasteiger partial charge in [0.1, 0.15) is 24.0 Å². The lowest BCUT2D eigenvalue weighted by molar-refractivity contribution is -0.112. The molecule has 0 atom stereocenters. The molecule has 0 aromatic heterocycles. The number of rotatable bonds is 9. The van der Waals surface area contributed by atoms with Gasteiger partial charge >= 0.3 is 0 Å². The van der Waals surface area contributed by atoms with Crippen LogP contribution in [0.4, 0.5) is 5.69 Å². The van der Waals surface area contributed by atoms with Crippen molar-refractivity contribution < 1.29 is 19.0 Å². The molecular formula is C26H22BrClN2O4. The van der Waals surface area contributed by atoms with Gasteiger partial charge in [0.2, 0.25) is 0 Å². The summed E-state index contributed by atoms with van der Waals surface area (Å²) in [4.78, 5) is 12.7. The lowest BCUT2D eigenvalue weighted by Gasteiger charge is -2.13. The maximum Gasteiger partial charge on any atom is 0.266 e. The highest BCUT2D eigenvalue weighted by molar-refractivity contribution is 9.10. The molecule has 3 aromatic carbocycles. The number of anilines is 1. The molecule has 0 unspecified atom stereocenters. The summed E-state index contributed by atoms with van der Waals surface area (Å²) < 4.78 is 17.5. The van der Waals surface area contributed by atoms with E-state index in [1.165, 1.54) is 13.2 Å². The van der Waals surface area contributed by atoms with Gasteiger partial charge in [-0.2, -0.15) is 5.26 Å². The van der Waals surface area contributed by atoms with Crippen LogP contribution in [0.15, 0.2) is 70.7 Å². The van der Waals surface area contributed by atoms with Gasteiger partial charge in [-0.1, -0.05) is 45.7 Å². The number of methoxy groups -OCH3 is 1. The number of nitrogens with zero attached hydrogens (tertiary/aromatic N) is 1. The third kappa shape index (κ3) is 6.77. The largest absolute Gasteiger partial charge is 0.494 e. The lowest BCUT2D eigenvalue weighted by Crippen LogP contribution is -2.13. The summed E-state index contributed by atoms with van der Waals surface area (Å²) in [5.41, 5.74) is 1.99. The first-order chi connectivity index (χ1) is 16.4. The highest BCUT2D eigenvalue weighted by Gasteiger charge is 2.14. The molecule has 0 aliphatic carbocycles. The molecule has 3 rings (SSSR count). The minimum atomic E-state index is -0.537. The number of carbonyl (C=O) groups excluding carboxylic acids is 1. The standard InChI is InChI=1S/C26H22BrClN2O4/c1-3-33-22-6-4-5-21(13-22)30-26(31)19(15-29)11-18-12-24(32-2)25(14-23(18)27)34-16-17-7-9-20(28)10-8-17/h4-14H,3,16H2,1-2H3,(H,30,31)/b19-11-. The Morgan fingerprint density at radius 2 is 1.88 bits per heavy atom. The molecule has 1 amide bonds. The average Bonchev–Trinajstić information content (AvgIpc) is 2.83. The fourth-order valence-electron chi connectivity index (χ4n) is 3.01. The van der Waals surface area contributed by atoms with Gasteiger partial charge in [0.05, 0.1) is 13.7 Å². The number of nitrogens with one attached hydrogen (secondary N) is 1. The monoisotopic (exact) mass is 540 g/mol. The third-order valence-electron chi connectivity index (χ3n) is 4.66. The normalized spacial score (nSPS) is 10.9. The molecule has 0 bridgehead atoms. The van der Waals surface area contributed by atoms with E-state index in [1.54, 1.807) is 48.5 Å². The van der Waals surface area contributed by atoms with Crippen molar-refractivity contribution in [2.24, 2.45) is 0 Å². The van der Waals surface area contributed by atoms with E-state index in [0.29, 0.717) is 51.2 Å². The molecule has 0 saturated heterocycles. The van der Waals surface area contributed by atoms with E-state index < -0.39 is 5.91 Å². The Morgan fingerprint density at radius 3 is 2.56 bits per heavy atom. The van der Waals surface area contributed by atoms with Crippen LogP contribution in [0.25, 0.3) is 6.08 Å². The molecule has 0 aliphatic rings. The van der Waals surface area contributed by atoms with Crippen molar-refractivity contribution >= 4 is 45.2 Å². The minimum absolute atomic E-state index is 0.0700. The number of ether oxygens (including phenoxy) is 3. The fraction of sp³-hybridized carbons (Fsp3) is 0.154. The number of halogens is 2. The van der Waals surface area contributed by atoms with Gasteiger partial charge in [-0.05, 0) is 60.5 Å². The smallest absolute Gasteiger partial charge is 0.266 e. The van der Waals surface area contributed by atoms with Crippen LogP contribution in [0.3, 0.4) is 0 Å². The number of hydrogen-bond acceptors (Lipinski definition) is 5. The summed E-state index contributed by atoms with van der Waals surface area (Å²) in [5, 5.41) is 13.0. The topological polar surface area (TPSA) is 80.6 Å². The molecule has 3 aromatic rings. The van der Waals surface area contributed by atoms with Gasteiger partial charge in [-0.3, -0.25) is 4.79 Å². The number of nitriles is 1. The third-order valence-corrected chi connectivity index (χ3v) is 5.60. The molecule has 1 N–H and O–H groups in total. The molecule has 174 valence electrons. The number of amides is 1. The Balaban J connectivity index is 1.79. The zero-order valence-electron chi connectivity index (χ0n) is 18.6. The summed E-state index contributed by atoms with van der Waals surface area (Å²) in [6.07, 6.45) is 1.48. The second-order valence-corrected chi connectivity index (χ2v) is 8.32. The van der Waals surface area contributed by atoms with Crippen molar-refractivity contribution in [1.29, 1.82) is 5.26 Å². The minimum Gasteiger partial charge on any atom is -0.494 e. The second-order valence-electron chi connectivity index (χ2n) is 7.02. The van der Waals surface area contributed by atoms with Gasteiger partial charge in [-0.25, -0.2) is 0 Å². The second kappa shape index (κ2) is 12.1. The van der Waals surface area contributed by atoms with Crippen LogP contribution < -0.4 is 19.5 Å². The molecule has 0 radical (unpaired) electrons. The molecular weight excluding hydrogens is 520 g/mol. The van der Waals surface area contributed by atoms with Crippen LogP contribution in [0.5, 0.6) is 17.2 Å². The van der Waals surface area contributed by atoms with Crippen LogP contribution in [0.2, 0.25) is 5.02 Å². The van der Waals surface area contributed by atoms with Gasteiger partial charge in [0, 0.05) is 21.2 Å². The van der Waals surface area contributed by atoms with E-state index in [-0.39, 0.29) is 5.57 Å². The average molecular weight is 542 g/mol. The van der Waals surface area contributed by atoms with Crippen LogP contribution in [0, 0.1) is 11.3 Å². The molecule has 6 nitrogen and oxygen atoms in total. The van der Waals surface area contributed by atoms with E-state index in [4.69, 9.17) is 25.8 Å². The number of benzene rings is 3. The predicted molar refractivity (Wildman–Crippen MR) is 136 cm³/mol. The van der Waals surface area contributed by atoms with E-state index in [9.17, 15) is 10.1 Å². The highest BCUT2D eigenvalue weighted by atomic mass is 79.9. The summed E-state index contributed by atoms with van der Waals surface area (Å²) in [7, 11) is 1.52. The van der Waals surface area contributed by atoms with Crippen LogP contribution in [-0.2, 0) is 11.4 Å². The summed E-state index contributed by atoms with van der Waals surface area (Å²) >= 11 is 9.42. The highest BCUT2D eigenvalue weighted by Crippen LogP contribution is 2.35. The molecule has 34 heavy (non-hydrogen) atoms. The maximum atomic E-state index is 12.7. The van der Waals surface area contributed by atoms with Gasteiger partial charge < -0.3 is 19.5 Å². The van der Waals surface area contributed by atoms with Gasteiger partial charge in [0.25, 0.3) is 5.91 Å². The van der Waals surface area contributed by atoms with Crippen LogP contribution >= 0.6 is 27.5 Å². The lowest BCUT2D eigenvalue weighted by atomic mass is 10.1. The molecule has 0 saturated carbocycles. The van der Waals surface area contributed by atoms with Crippen LogP contribution in [-0.4, -0.2) is 19.6 Å². The maximum absolute atomic E-state index is 12.7. The number of carbonyl (C=O) groups is 1. The first-order valence-electron chi connectivity index (χ1n) is 10.3. The van der Waals surface area contributed by atoms with Crippen molar-refractivity contribution in [2.75, 3.05) is 19.0 Å². The van der Waals surface area contributed by atoms with E-state index in [2.05, 4.69) is 21.2 Å². The summed E-state index contributed by atoms with van der Waals surface area (Å²) in [6.45, 7) is 2.71. The summed E-state index contributed by atoms with van der Waals surface area (Å²) in [5.74, 6) is 1.07. The Hall–Kier alpha value is -3.47. The van der Waals surface area contributed by atoms with E-state index >= 15 is 0 Å². The van der Waals surface area contributed by atoms with Crippen molar-refractivity contribution in [3.63, 3.8) is 0 Å². The molecule has 0 aliphatic heterocycles. The predicted octanol–water partition coefficient (Wildman–Crippen LogP) is 6.63. The Kier molecular flexibility index (Phi) is 8.97. The Morgan fingerprint density at radius 1 is 1.12 bits per heavy atom. The van der Waals surface area contributed by atoms with Crippen molar-refractivity contribution in [2.45, 2.75) is 13.5 Å². The van der Waals surface area contributed by atoms with Gasteiger partial charge in [0.15, 0.2) is 11.5 Å². The van der Waals surface area contributed by atoms with E-state index in [1.807, 2.05) is 25.1 Å². The van der Waals surface area contributed by atoms with Crippen molar-refractivity contribution in [3.8, 4) is 23.3 Å².